The predicted octanol–water partition coefficient (Wildman–Crippen LogP) is 5.51. The Kier molecular flexibility index (Phi) is 16.1. The first kappa shape index (κ1) is 46.3. The summed E-state index contributed by atoms with van der Waals surface area (Å²) in [4.78, 5) is 46.9. The van der Waals surface area contributed by atoms with Crippen LogP contribution in [0.25, 0.3) is 22.1 Å². The maximum Gasteiger partial charge on any atom is 0.251 e. The Hall–Kier alpha value is -5.68. The van der Waals surface area contributed by atoms with Crippen LogP contribution in [0.2, 0.25) is 0 Å². The molecule has 340 valence electrons. The molecule has 0 radical (unpaired) electrons. The number of fused-ring (bicyclic) bond motifs is 2. The van der Waals surface area contributed by atoms with Gasteiger partial charge in [0.1, 0.15) is 23.1 Å². The molecule has 0 spiro atoms. The van der Waals surface area contributed by atoms with E-state index in [-0.39, 0.29) is 22.8 Å². The van der Waals surface area contributed by atoms with Crippen molar-refractivity contribution in [1.82, 2.24) is 49.5 Å². The van der Waals surface area contributed by atoms with Gasteiger partial charge < -0.3 is 39.0 Å². The van der Waals surface area contributed by atoms with E-state index in [2.05, 4.69) is 40.4 Å². The molecular formula is C48H60F2N10O4. The first-order valence-electron chi connectivity index (χ1n) is 22.4. The standard InChI is InChI=1S/2C24H30FN5O2/c2*1-3-21-20(25)12-17(15-27-21)14-26-18-6-8-29(9-7-18)10-11-30-23-13-19(32-2)16-28-22(23)4-5-24(30)31/h2*4-5,12-13,15-16,18,26H,3,6-11,14H2,1-2H3. The zero-order valence-corrected chi connectivity index (χ0v) is 37.4. The van der Waals surface area contributed by atoms with Gasteiger partial charge in [0.25, 0.3) is 11.1 Å². The molecule has 2 saturated heterocycles. The lowest BCUT2D eigenvalue weighted by molar-refractivity contribution is 0.191. The number of rotatable bonds is 16. The zero-order valence-electron chi connectivity index (χ0n) is 37.4. The average Bonchev–Trinajstić information content (AvgIpc) is 3.32. The summed E-state index contributed by atoms with van der Waals surface area (Å²) in [5.41, 5.74) is 5.88. The van der Waals surface area contributed by atoms with E-state index in [0.29, 0.717) is 74.0 Å². The lowest BCUT2D eigenvalue weighted by Gasteiger charge is -2.32. The van der Waals surface area contributed by atoms with Crippen LogP contribution in [-0.4, -0.2) is 104 Å². The summed E-state index contributed by atoms with van der Waals surface area (Å²) in [7, 11) is 3.19. The lowest BCUT2D eigenvalue weighted by Crippen LogP contribution is -2.43. The second-order valence-electron chi connectivity index (χ2n) is 16.5. The summed E-state index contributed by atoms with van der Waals surface area (Å²) in [5.74, 6) is 0.836. The second kappa shape index (κ2) is 22.3. The van der Waals surface area contributed by atoms with Crippen molar-refractivity contribution in [2.24, 2.45) is 0 Å². The minimum Gasteiger partial charge on any atom is -0.495 e. The van der Waals surface area contributed by atoms with Crippen molar-refractivity contribution in [3.63, 3.8) is 0 Å². The monoisotopic (exact) mass is 878 g/mol. The average molecular weight is 879 g/mol. The van der Waals surface area contributed by atoms with Crippen LogP contribution in [0.3, 0.4) is 0 Å². The number of aryl methyl sites for hydroxylation is 2. The van der Waals surface area contributed by atoms with Crippen LogP contribution < -0.4 is 31.2 Å². The molecule has 2 N–H and O–H groups in total. The van der Waals surface area contributed by atoms with Crippen LogP contribution >= 0.6 is 0 Å². The molecule has 0 saturated carbocycles. The first-order valence-corrected chi connectivity index (χ1v) is 22.4. The van der Waals surface area contributed by atoms with Gasteiger partial charge in [-0.2, -0.15) is 0 Å². The Morgan fingerprint density at radius 2 is 0.984 bits per heavy atom. The highest BCUT2D eigenvalue weighted by Gasteiger charge is 2.21. The number of likely N-dealkylation sites (tertiary alicyclic amines) is 2. The van der Waals surface area contributed by atoms with Crippen LogP contribution in [0.5, 0.6) is 11.5 Å². The van der Waals surface area contributed by atoms with E-state index in [9.17, 15) is 18.4 Å². The minimum absolute atomic E-state index is 0.0287. The smallest absolute Gasteiger partial charge is 0.251 e. The summed E-state index contributed by atoms with van der Waals surface area (Å²) in [6, 6.07) is 14.3. The number of halogens is 2. The Morgan fingerprint density at radius 1 is 0.578 bits per heavy atom. The van der Waals surface area contributed by atoms with Gasteiger partial charge in [0.2, 0.25) is 0 Å². The maximum absolute atomic E-state index is 13.9. The molecule has 64 heavy (non-hydrogen) atoms. The van der Waals surface area contributed by atoms with Crippen LogP contribution in [0.1, 0.15) is 62.0 Å². The second-order valence-corrected chi connectivity index (χ2v) is 16.5. The summed E-state index contributed by atoms with van der Waals surface area (Å²) >= 11 is 0. The van der Waals surface area contributed by atoms with E-state index in [0.717, 1.165) is 98.1 Å². The van der Waals surface area contributed by atoms with E-state index in [4.69, 9.17) is 9.47 Å². The maximum atomic E-state index is 13.9. The molecule has 0 amide bonds. The molecule has 2 aliphatic rings. The molecule has 2 aliphatic heterocycles. The van der Waals surface area contributed by atoms with Crippen LogP contribution in [0, 0.1) is 11.6 Å². The fraction of sp³-hybridized carbons (Fsp3) is 0.458. The Labute approximate surface area is 372 Å². The molecule has 8 rings (SSSR count). The van der Waals surface area contributed by atoms with E-state index in [1.54, 1.807) is 84.5 Å². The lowest BCUT2D eigenvalue weighted by atomic mass is 10.0. The highest BCUT2D eigenvalue weighted by atomic mass is 19.1. The molecule has 0 bridgehead atoms. The summed E-state index contributed by atoms with van der Waals surface area (Å²) in [6.07, 6.45) is 12.1. The van der Waals surface area contributed by atoms with Crippen LogP contribution in [0.15, 0.2) is 82.9 Å². The van der Waals surface area contributed by atoms with Crippen molar-refractivity contribution < 1.29 is 18.3 Å². The third kappa shape index (κ3) is 11.9. The topological polar surface area (TPSA) is 145 Å². The van der Waals surface area contributed by atoms with Crippen molar-refractivity contribution in [3.05, 3.63) is 128 Å². The molecule has 2 fully saturated rings. The number of piperidine rings is 2. The predicted molar refractivity (Wildman–Crippen MR) is 245 cm³/mol. The van der Waals surface area contributed by atoms with Gasteiger partial charge in [0, 0.05) is 88.0 Å². The summed E-state index contributed by atoms with van der Waals surface area (Å²) in [5, 5.41) is 7.06. The Bertz CT molecular complexity index is 2430. The highest BCUT2D eigenvalue weighted by Crippen LogP contribution is 2.20. The van der Waals surface area contributed by atoms with Crippen molar-refractivity contribution in [2.75, 3.05) is 53.5 Å². The van der Waals surface area contributed by atoms with Gasteiger partial charge in [-0.25, -0.2) is 8.78 Å². The van der Waals surface area contributed by atoms with Crippen molar-refractivity contribution in [3.8, 4) is 11.5 Å². The van der Waals surface area contributed by atoms with Gasteiger partial charge >= 0.3 is 0 Å². The van der Waals surface area contributed by atoms with Gasteiger partial charge in [-0.3, -0.25) is 29.5 Å². The van der Waals surface area contributed by atoms with Crippen LogP contribution in [-0.2, 0) is 39.0 Å². The highest BCUT2D eigenvalue weighted by molar-refractivity contribution is 5.76. The molecule has 0 aliphatic carbocycles. The summed E-state index contributed by atoms with van der Waals surface area (Å²) < 4.78 is 42.0. The number of hydrogen-bond acceptors (Lipinski definition) is 12. The Morgan fingerprint density at radius 3 is 1.34 bits per heavy atom. The molecule has 6 aromatic rings. The Balaban J connectivity index is 0.000000191. The number of nitrogens with zero attached hydrogens (tertiary/aromatic N) is 8. The van der Waals surface area contributed by atoms with Gasteiger partial charge in [-0.15, -0.1) is 0 Å². The van der Waals surface area contributed by atoms with Crippen LogP contribution in [0.4, 0.5) is 8.78 Å². The van der Waals surface area contributed by atoms with Gasteiger partial charge in [-0.1, -0.05) is 13.8 Å². The van der Waals surface area contributed by atoms with Gasteiger partial charge in [0.05, 0.1) is 60.1 Å². The molecule has 6 aromatic heterocycles. The molecule has 0 aromatic carbocycles. The zero-order chi connectivity index (χ0) is 45.0. The van der Waals surface area contributed by atoms with E-state index < -0.39 is 0 Å². The fourth-order valence-electron chi connectivity index (χ4n) is 8.44. The van der Waals surface area contributed by atoms with Crippen molar-refractivity contribution in [1.29, 1.82) is 0 Å². The largest absolute Gasteiger partial charge is 0.495 e. The first-order chi connectivity index (χ1) is 31.1. The molecule has 16 heteroatoms. The number of ether oxygens (including phenoxy) is 2. The number of aromatic nitrogens is 6. The van der Waals surface area contributed by atoms with Gasteiger partial charge in [-0.05, 0) is 100 Å². The molecule has 0 unspecified atom stereocenters. The number of methoxy groups -OCH3 is 2. The van der Waals surface area contributed by atoms with Gasteiger partial charge in [0.15, 0.2) is 0 Å². The summed E-state index contributed by atoms with van der Waals surface area (Å²) in [6.45, 7) is 11.7. The fourth-order valence-corrected chi connectivity index (χ4v) is 8.44. The normalized spacial score (nSPS) is 15.3. The third-order valence-electron chi connectivity index (χ3n) is 12.4. The van der Waals surface area contributed by atoms with Crippen molar-refractivity contribution in [2.45, 2.75) is 90.6 Å². The minimum atomic E-state index is -0.224. The molecule has 14 nitrogen and oxygen atoms in total. The number of pyridine rings is 6. The SMILES string of the molecule is CCc1ncc(CNC2CCN(CCn3c(=O)ccc4ncc(OC)cc43)CC2)cc1F.CCc1ncc(CNC2CCN(CCn3c(=O)ccc4ncc(OC)cc43)CC2)cc1F. The quantitative estimate of drug-likeness (QED) is 0.127. The third-order valence-corrected chi connectivity index (χ3v) is 12.4. The van der Waals surface area contributed by atoms with E-state index in [1.807, 2.05) is 26.0 Å². The molecular weight excluding hydrogens is 819 g/mol. The van der Waals surface area contributed by atoms with E-state index >= 15 is 0 Å². The number of hydrogen-bond donors (Lipinski definition) is 2. The molecule has 8 heterocycles. The molecule has 0 atom stereocenters. The van der Waals surface area contributed by atoms with E-state index in [1.165, 1.54) is 0 Å². The number of nitrogens with one attached hydrogen (secondary N) is 2. The van der Waals surface area contributed by atoms with Crippen molar-refractivity contribution >= 4 is 22.1 Å².